The van der Waals surface area contributed by atoms with Crippen LogP contribution in [-0.2, 0) is 13.6 Å². The molecular formula is C19H16BrN3OS. The second kappa shape index (κ2) is 6.28. The highest BCUT2D eigenvalue weighted by atomic mass is 79.9. The van der Waals surface area contributed by atoms with E-state index in [1.165, 1.54) is 0 Å². The van der Waals surface area contributed by atoms with E-state index in [0.717, 1.165) is 30.6 Å². The van der Waals surface area contributed by atoms with Crippen molar-refractivity contribution in [3.63, 3.8) is 0 Å². The van der Waals surface area contributed by atoms with Crippen molar-refractivity contribution in [3.05, 3.63) is 63.7 Å². The molecule has 0 atom stereocenters. The molecule has 2 aromatic carbocycles. The van der Waals surface area contributed by atoms with Crippen LogP contribution in [0, 0.1) is 0 Å². The molecule has 0 saturated heterocycles. The van der Waals surface area contributed by atoms with Crippen molar-refractivity contribution < 1.29 is 4.79 Å². The van der Waals surface area contributed by atoms with Crippen LogP contribution in [0.15, 0.2) is 53.0 Å². The number of nitrogens with zero attached hydrogens (tertiary/aromatic N) is 3. The lowest BCUT2D eigenvalue weighted by Gasteiger charge is -2.16. The van der Waals surface area contributed by atoms with Gasteiger partial charge in [-0.05, 0) is 34.1 Å². The normalized spacial score (nSPS) is 11.3. The Morgan fingerprint density at radius 3 is 2.68 bits per heavy atom. The van der Waals surface area contributed by atoms with E-state index in [9.17, 15) is 4.79 Å². The monoisotopic (exact) mass is 413 g/mol. The maximum absolute atomic E-state index is 13.0. The van der Waals surface area contributed by atoms with Crippen LogP contribution in [0.25, 0.3) is 21.1 Å². The van der Waals surface area contributed by atoms with Gasteiger partial charge in [0.25, 0.3) is 5.91 Å². The molecule has 0 radical (unpaired) electrons. The number of fused-ring (bicyclic) bond motifs is 2. The first-order chi connectivity index (χ1) is 12.1. The molecule has 6 heteroatoms. The molecule has 0 aliphatic heterocycles. The van der Waals surface area contributed by atoms with Gasteiger partial charge in [-0.1, -0.05) is 30.3 Å². The van der Waals surface area contributed by atoms with E-state index in [1.807, 2.05) is 61.1 Å². The summed E-state index contributed by atoms with van der Waals surface area (Å²) in [6.45, 7) is 0.492. The number of thiazole rings is 1. The van der Waals surface area contributed by atoms with Crippen LogP contribution in [-0.4, -0.2) is 27.4 Å². The fourth-order valence-corrected chi connectivity index (χ4v) is 4.82. The first kappa shape index (κ1) is 16.3. The number of carbonyl (C=O) groups excluding carboxylic acids is 1. The van der Waals surface area contributed by atoms with E-state index in [1.54, 1.807) is 16.2 Å². The molecule has 2 heterocycles. The standard InChI is InChI=1S/C19H16BrN3OS/c1-22(11-16-21-13-8-4-6-10-15(13)25-16)19(24)18-17(20)12-7-3-5-9-14(12)23(18)2/h3-10H,11H2,1-2H3. The smallest absolute Gasteiger partial charge is 0.271 e. The maximum Gasteiger partial charge on any atom is 0.271 e. The van der Waals surface area contributed by atoms with E-state index < -0.39 is 0 Å². The number of carbonyl (C=O) groups is 1. The molecule has 0 N–H and O–H groups in total. The first-order valence-corrected chi connectivity index (χ1v) is 9.50. The highest BCUT2D eigenvalue weighted by Crippen LogP contribution is 2.31. The summed E-state index contributed by atoms with van der Waals surface area (Å²) in [5.74, 6) is -0.0233. The summed E-state index contributed by atoms with van der Waals surface area (Å²) in [7, 11) is 3.74. The highest BCUT2D eigenvalue weighted by molar-refractivity contribution is 9.10. The molecule has 2 aromatic heterocycles. The number of hydrogen-bond donors (Lipinski definition) is 0. The third-order valence-corrected chi connectivity index (χ3v) is 6.13. The van der Waals surface area contributed by atoms with Crippen LogP contribution in [0.4, 0.5) is 0 Å². The Morgan fingerprint density at radius 1 is 1.20 bits per heavy atom. The third-order valence-electron chi connectivity index (χ3n) is 4.31. The van der Waals surface area contributed by atoms with Crippen molar-refractivity contribution in [1.82, 2.24) is 14.5 Å². The van der Waals surface area contributed by atoms with Crippen LogP contribution in [0.2, 0.25) is 0 Å². The number of halogens is 1. The van der Waals surface area contributed by atoms with Crippen LogP contribution < -0.4 is 0 Å². The van der Waals surface area contributed by atoms with Gasteiger partial charge in [-0.3, -0.25) is 4.79 Å². The minimum atomic E-state index is -0.0233. The SMILES string of the molecule is CN(Cc1nc2ccccc2s1)C(=O)c1c(Br)c2ccccc2n1C. The Labute approximate surface area is 157 Å². The van der Waals surface area contributed by atoms with Crippen LogP contribution in [0.5, 0.6) is 0 Å². The summed E-state index contributed by atoms with van der Waals surface area (Å²) in [4.78, 5) is 19.4. The zero-order valence-corrected chi connectivity index (χ0v) is 16.3. The lowest BCUT2D eigenvalue weighted by molar-refractivity contribution is 0.0775. The number of para-hydroxylation sites is 2. The Bertz CT molecular complexity index is 1030. The van der Waals surface area contributed by atoms with E-state index in [4.69, 9.17) is 0 Å². The summed E-state index contributed by atoms with van der Waals surface area (Å²) in [6, 6.07) is 16.0. The van der Waals surface area contributed by atoms with Gasteiger partial charge in [0.05, 0.1) is 21.2 Å². The topological polar surface area (TPSA) is 38.1 Å². The molecule has 4 rings (SSSR count). The van der Waals surface area contributed by atoms with Crippen molar-refractivity contribution in [2.24, 2.45) is 7.05 Å². The number of rotatable bonds is 3. The van der Waals surface area contributed by atoms with Gasteiger partial charge in [0.15, 0.2) is 0 Å². The molecule has 4 nitrogen and oxygen atoms in total. The summed E-state index contributed by atoms with van der Waals surface area (Å²) >= 11 is 5.23. The molecule has 0 spiro atoms. The average molecular weight is 414 g/mol. The van der Waals surface area contributed by atoms with Crippen molar-refractivity contribution in [2.45, 2.75) is 6.54 Å². The Hall–Kier alpha value is -2.18. The number of benzene rings is 2. The Kier molecular flexibility index (Phi) is 4.09. The molecule has 0 bridgehead atoms. The molecule has 25 heavy (non-hydrogen) atoms. The van der Waals surface area contributed by atoms with Gasteiger partial charge in [0.1, 0.15) is 10.7 Å². The van der Waals surface area contributed by atoms with Gasteiger partial charge in [-0.2, -0.15) is 0 Å². The molecule has 0 fully saturated rings. The molecule has 1 amide bonds. The van der Waals surface area contributed by atoms with Gasteiger partial charge >= 0.3 is 0 Å². The first-order valence-electron chi connectivity index (χ1n) is 7.89. The fourth-order valence-electron chi connectivity index (χ4n) is 3.03. The largest absolute Gasteiger partial charge is 0.339 e. The third kappa shape index (κ3) is 2.75. The molecule has 0 aliphatic rings. The fraction of sp³-hybridized carbons (Fsp3) is 0.158. The maximum atomic E-state index is 13.0. The van der Waals surface area contributed by atoms with E-state index >= 15 is 0 Å². The van der Waals surface area contributed by atoms with Crippen LogP contribution >= 0.6 is 27.3 Å². The van der Waals surface area contributed by atoms with Gasteiger partial charge in [-0.15, -0.1) is 11.3 Å². The molecular weight excluding hydrogens is 398 g/mol. The predicted molar refractivity (Wildman–Crippen MR) is 106 cm³/mol. The minimum Gasteiger partial charge on any atom is -0.339 e. The minimum absolute atomic E-state index is 0.0233. The van der Waals surface area contributed by atoms with Crippen molar-refractivity contribution in [1.29, 1.82) is 0 Å². The lowest BCUT2D eigenvalue weighted by Crippen LogP contribution is -2.28. The average Bonchev–Trinajstić information content (AvgIpc) is 3.13. The Morgan fingerprint density at radius 2 is 1.92 bits per heavy atom. The number of hydrogen-bond acceptors (Lipinski definition) is 3. The van der Waals surface area contributed by atoms with Crippen molar-refractivity contribution in [2.75, 3.05) is 7.05 Å². The zero-order valence-electron chi connectivity index (χ0n) is 13.9. The predicted octanol–water partition coefficient (Wildman–Crippen LogP) is 4.82. The zero-order chi connectivity index (χ0) is 17.6. The second-order valence-corrected chi connectivity index (χ2v) is 7.88. The van der Waals surface area contributed by atoms with E-state index in [2.05, 4.69) is 27.0 Å². The molecule has 0 aliphatic carbocycles. The van der Waals surface area contributed by atoms with E-state index in [0.29, 0.717) is 12.2 Å². The summed E-state index contributed by atoms with van der Waals surface area (Å²) in [6.07, 6.45) is 0. The van der Waals surface area contributed by atoms with Gasteiger partial charge in [-0.25, -0.2) is 4.98 Å². The molecule has 0 saturated carbocycles. The van der Waals surface area contributed by atoms with Crippen molar-refractivity contribution >= 4 is 54.3 Å². The summed E-state index contributed by atoms with van der Waals surface area (Å²) in [5, 5.41) is 1.98. The van der Waals surface area contributed by atoms with E-state index in [-0.39, 0.29) is 5.91 Å². The molecule has 4 aromatic rings. The molecule has 0 unspecified atom stereocenters. The number of aromatic nitrogens is 2. The second-order valence-electron chi connectivity index (χ2n) is 5.98. The van der Waals surface area contributed by atoms with Gasteiger partial charge < -0.3 is 9.47 Å². The van der Waals surface area contributed by atoms with Crippen molar-refractivity contribution in [3.8, 4) is 0 Å². The van der Waals surface area contributed by atoms with Crippen LogP contribution in [0.1, 0.15) is 15.5 Å². The Balaban J connectivity index is 1.66. The number of aryl methyl sites for hydroxylation is 1. The molecule has 126 valence electrons. The highest BCUT2D eigenvalue weighted by Gasteiger charge is 2.23. The van der Waals surface area contributed by atoms with Gasteiger partial charge in [0, 0.05) is 25.0 Å². The summed E-state index contributed by atoms with van der Waals surface area (Å²) in [5.41, 5.74) is 2.67. The quantitative estimate of drug-likeness (QED) is 0.482. The van der Waals surface area contributed by atoms with Gasteiger partial charge in [0.2, 0.25) is 0 Å². The number of amides is 1. The lowest BCUT2D eigenvalue weighted by atomic mass is 10.2. The summed E-state index contributed by atoms with van der Waals surface area (Å²) < 4.78 is 3.92. The van der Waals surface area contributed by atoms with Crippen LogP contribution in [0.3, 0.4) is 0 Å².